The monoisotopic (exact) mass is 456 g/mol. The molecule has 0 aliphatic carbocycles. The van der Waals surface area contributed by atoms with Gasteiger partial charge in [-0.3, -0.25) is 9.59 Å². The highest BCUT2D eigenvalue weighted by molar-refractivity contribution is 6.13. The van der Waals surface area contributed by atoms with E-state index in [1.165, 1.54) is 39.0 Å². The quantitative estimate of drug-likeness (QED) is 0.129. The smallest absolute Gasteiger partial charge is 0.328 e. The predicted octanol–water partition coefficient (Wildman–Crippen LogP) is 4.79. The van der Waals surface area contributed by atoms with Crippen LogP contribution in [0.15, 0.2) is 30.3 Å². The number of rotatable bonds is 6. The molecule has 0 aromatic heterocycles. The number of carboxylic acid groups (broad SMARTS) is 1. The van der Waals surface area contributed by atoms with Crippen molar-refractivity contribution >= 4 is 23.8 Å². The normalized spacial score (nSPS) is 12.6. The zero-order valence-electron chi connectivity index (χ0n) is 17.0. The second-order valence-corrected chi connectivity index (χ2v) is 7.61. The fourth-order valence-corrected chi connectivity index (χ4v) is 2.68. The number of ketones is 1. The Bertz CT molecular complexity index is 1070. The molecular weight excluding hydrogens is 439 g/mol. The Morgan fingerprint density at radius 2 is 1.34 bits per heavy atom. The highest BCUT2D eigenvalue weighted by Gasteiger charge is 2.41. The van der Waals surface area contributed by atoms with Crippen LogP contribution in [0.2, 0.25) is 0 Å². The van der Waals surface area contributed by atoms with Gasteiger partial charge in [-0.25, -0.2) is 26.7 Å². The maximum Gasteiger partial charge on any atom is 0.328 e. The van der Waals surface area contributed by atoms with Gasteiger partial charge in [0.05, 0.1) is 5.56 Å². The van der Waals surface area contributed by atoms with E-state index in [4.69, 9.17) is 9.84 Å². The van der Waals surface area contributed by atoms with Gasteiger partial charge in [-0.1, -0.05) is 24.3 Å². The summed E-state index contributed by atoms with van der Waals surface area (Å²) < 4.78 is 74.8. The minimum absolute atomic E-state index is 0.308. The van der Waals surface area contributed by atoms with E-state index >= 15 is 0 Å². The minimum atomic E-state index is -2.49. The first-order valence-corrected chi connectivity index (χ1v) is 9.04. The Labute approximate surface area is 179 Å². The molecule has 0 spiro atoms. The summed E-state index contributed by atoms with van der Waals surface area (Å²) in [5.74, 6) is -18.2. The number of Topliss-reactive ketones (excluding diaryl/α,β-unsaturated/α-hetero) is 1. The van der Waals surface area contributed by atoms with Crippen molar-refractivity contribution in [1.29, 1.82) is 0 Å². The van der Waals surface area contributed by atoms with Gasteiger partial charge >= 0.3 is 11.9 Å². The van der Waals surface area contributed by atoms with Crippen molar-refractivity contribution < 1.29 is 46.2 Å². The van der Waals surface area contributed by atoms with Gasteiger partial charge in [0.25, 0.3) is 0 Å². The molecule has 1 N–H and O–H groups in total. The van der Waals surface area contributed by atoms with Crippen molar-refractivity contribution in [3.8, 4) is 0 Å². The second kappa shape index (κ2) is 9.29. The van der Waals surface area contributed by atoms with Crippen LogP contribution in [-0.4, -0.2) is 28.4 Å². The van der Waals surface area contributed by atoms with E-state index in [-0.39, 0.29) is 5.56 Å². The van der Waals surface area contributed by atoms with Gasteiger partial charge in [-0.2, -0.15) is 0 Å². The molecule has 0 fully saturated rings. The number of benzene rings is 2. The molecule has 2 aromatic carbocycles. The summed E-state index contributed by atoms with van der Waals surface area (Å²) in [5.41, 5.74) is -2.85. The van der Waals surface area contributed by atoms with Crippen molar-refractivity contribution in [2.45, 2.75) is 32.3 Å². The zero-order valence-corrected chi connectivity index (χ0v) is 17.0. The molecule has 5 nitrogen and oxygen atoms in total. The van der Waals surface area contributed by atoms with Crippen LogP contribution in [0, 0.1) is 29.1 Å². The third-order valence-corrected chi connectivity index (χ3v) is 4.05. The lowest BCUT2D eigenvalue weighted by molar-refractivity contribution is -0.155. The molecule has 1 unspecified atom stereocenters. The Hall–Kier alpha value is -3.56. The molecule has 32 heavy (non-hydrogen) atoms. The average Bonchev–Trinajstić information content (AvgIpc) is 2.71. The van der Waals surface area contributed by atoms with Gasteiger partial charge < -0.3 is 9.84 Å². The SMILES string of the molecule is CC(C)(C)OC(=O)C(C(=O)c1ccc(C=CC(=O)O)cc1)c1c(F)c(F)c(F)c(F)c1F. The van der Waals surface area contributed by atoms with Crippen LogP contribution in [0.5, 0.6) is 0 Å². The third kappa shape index (κ3) is 5.37. The maximum absolute atomic E-state index is 14.4. The molecule has 0 saturated carbocycles. The van der Waals surface area contributed by atoms with Gasteiger partial charge in [-0.05, 0) is 32.4 Å². The number of esters is 1. The van der Waals surface area contributed by atoms with Crippen LogP contribution < -0.4 is 0 Å². The van der Waals surface area contributed by atoms with Crippen molar-refractivity contribution in [2.75, 3.05) is 0 Å². The predicted molar refractivity (Wildman–Crippen MR) is 102 cm³/mol. The molecule has 0 amide bonds. The fourth-order valence-electron chi connectivity index (χ4n) is 2.68. The number of hydrogen-bond donors (Lipinski definition) is 1. The van der Waals surface area contributed by atoms with Crippen LogP contribution in [0.3, 0.4) is 0 Å². The number of ether oxygens (including phenoxy) is 1. The fraction of sp³-hybridized carbons (Fsp3) is 0.227. The standard InChI is InChI=1S/C22H17F5O5/c1-22(2,3)32-21(31)14(13-15(23)17(25)19(27)18(26)16(13)24)20(30)11-7-4-10(5-8-11)6-9-12(28)29/h4-9,14H,1-3H3,(H,28,29). The van der Waals surface area contributed by atoms with E-state index in [1.807, 2.05) is 0 Å². The van der Waals surface area contributed by atoms with Gasteiger partial charge in [0.15, 0.2) is 35.0 Å². The first kappa shape index (κ1) is 24.7. The molecule has 0 radical (unpaired) electrons. The van der Waals surface area contributed by atoms with Crippen molar-refractivity contribution in [2.24, 2.45) is 0 Å². The number of hydrogen-bond acceptors (Lipinski definition) is 4. The number of aliphatic carboxylic acids is 1. The zero-order chi connectivity index (χ0) is 24.4. The molecule has 170 valence electrons. The molecule has 0 heterocycles. The molecule has 0 saturated heterocycles. The van der Waals surface area contributed by atoms with Gasteiger partial charge in [0, 0.05) is 11.6 Å². The van der Waals surface area contributed by atoms with Gasteiger partial charge in [0.1, 0.15) is 5.60 Å². The molecule has 0 bridgehead atoms. The van der Waals surface area contributed by atoms with E-state index in [1.54, 1.807) is 0 Å². The van der Waals surface area contributed by atoms with Crippen LogP contribution >= 0.6 is 0 Å². The Morgan fingerprint density at radius 3 is 1.78 bits per heavy atom. The van der Waals surface area contributed by atoms with Crippen molar-refractivity contribution in [1.82, 2.24) is 0 Å². The molecule has 0 aliphatic rings. The molecule has 2 aromatic rings. The van der Waals surface area contributed by atoms with Crippen LogP contribution in [-0.2, 0) is 14.3 Å². The summed E-state index contributed by atoms with van der Waals surface area (Å²) >= 11 is 0. The van der Waals surface area contributed by atoms with Gasteiger partial charge in [-0.15, -0.1) is 0 Å². The molecule has 2 rings (SSSR count). The Balaban J connectivity index is 2.63. The number of carbonyl (C=O) groups is 3. The van der Waals surface area contributed by atoms with Gasteiger partial charge in [0.2, 0.25) is 5.82 Å². The molecular formula is C22H17F5O5. The molecule has 0 aliphatic heterocycles. The lowest BCUT2D eigenvalue weighted by atomic mass is 9.89. The summed E-state index contributed by atoms with van der Waals surface area (Å²) in [7, 11) is 0. The third-order valence-electron chi connectivity index (χ3n) is 4.05. The highest BCUT2D eigenvalue weighted by Crippen LogP contribution is 2.33. The van der Waals surface area contributed by atoms with Crippen molar-refractivity contribution in [3.63, 3.8) is 0 Å². The second-order valence-electron chi connectivity index (χ2n) is 7.61. The van der Waals surface area contributed by atoms with Crippen LogP contribution in [0.1, 0.15) is 48.2 Å². The summed E-state index contributed by atoms with van der Waals surface area (Å²) in [6.45, 7) is 4.15. The summed E-state index contributed by atoms with van der Waals surface area (Å²) in [6.07, 6.45) is 2.00. The maximum atomic E-state index is 14.4. The first-order chi connectivity index (χ1) is 14.7. The summed E-state index contributed by atoms with van der Waals surface area (Å²) in [4.78, 5) is 36.2. The summed E-state index contributed by atoms with van der Waals surface area (Å²) in [6, 6.07) is 4.73. The topological polar surface area (TPSA) is 80.7 Å². The number of carbonyl (C=O) groups excluding carboxylic acids is 2. The van der Waals surface area contributed by atoms with E-state index in [2.05, 4.69) is 0 Å². The van der Waals surface area contributed by atoms with Crippen LogP contribution in [0.4, 0.5) is 22.0 Å². The molecule has 1 atom stereocenters. The molecule has 10 heteroatoms. The highest BCUT2D eigenvalue weighted by atomic mass is 19.2. The van der Waals surface area contributed by atoms with E-state index in [0.29, 0.717) is 5.56 Å². The number of carboxylic acids is 1. The van der Waals surface area contributed by atoms with E-state index < -0.39 is 63.9 Å². The first-order valence-electron chi connectivity index (χ1n) is 9.04. The van der Waals surface area contributed by atoms with E-state index in [9.17, 15) is 36.3 Å². The van der Waals surface area contributed by atoms with E-state index in [0.717, 1.165) is 18.2 Å². The lowest BCUT2D eigenvalue weighted by Gasteiger charge is -2.24. The van der Waals surface area contributed by atoms with Crippen LogP contribution in [0.25, 0.3) is 6.08 Å². The largest absolute Gasteiger partial charge is 0.478 e. The number of halogens is 5. The average molecular weight is 456 g/mol. The summed E-state index contributed by atoms with van der Waals surface area (Å²) in [5, 5.41) is 8.64. The Kier molecular flexibility index (Phi) is 7.17. The van der Waals surface area contributed by atoms with Crippen molar-refractivity contribution in [3.05, 3.63) is 76.1 Å². The Morgan fingerprint density at radius 1 is 0.875 bits per heavy atom. The minimum Gasteiger partial charge on any atom is -0.478 e. The lowest BCUT2D eigenvalue weighted by Crippen LogP contribution is -2.33.